The number of carbonyl (C=O) groups is 2. The summed E-state index contributed by atoms with van der Waals surface area (Å²) in [4.78, 5) is 34.5. The first-order valence-corrected chi connectivity index (χ1v) is 14.2. The highest BCUT2D eigenvalue weighted by molar-refractivity contribution is 5.97. The van der Waals surface area contributed by atoms with Gasteiger partial charge in [0.15, 0.2) is 11.5 Å². The molecule has 5 aromatic rings. The minimum absolute atomic E-state index is 0.0924. The number of H-pyrrole nitrogens is 1. The number of ether oxygens (including phenoxy) is 2. The molecule has 0 atom stereocenters. The van der Waals surface area contributed by atoms with Gasteiger partial charge in [0.25, 0.3) is 5.91 Å². The fourth-order valence-corrected chi connectivity index (χ4v) is 5.28. The molecule has 2 amide bonds. The average molecular weight is 578 g/mol. The Morgan fingerprint density at radius 2 is 1.53 bits per heavy atom. The van der Waals surface area contributed by atoms with Crippen LogP contribution in [0.2, 0.25) is 0 Å². The van der Waals surface area contributed by atoms with Crippen LogP contribution in [0.3, 0.4) is 0 Å². The van der Waals surface area contributed by atoms with Crippen molar-refractivity contribution in [2.24, 2.45) is 0 Å². The molecule has 1 N–H and O–H groups in total. The Balaban J connectivity index is 1.26. The van der Waals surface area contributed by atoms with Crippen LogP contribution in [0.1, 0.15) is 32.6 Å². The summed E-state index contributed by atoms with van der Waals surface area (Å²) in [5.74, 6) is 0.174. The summed E-state index contributed by atoms with van der Waals surface area (Å²) in [6.45, 7) is 2.99. The first-order valence-electron chi connectivity index (χ1n) is 14.2. The van der Waals surface area contributed by atoms with Crippen LogP contribution in [0.4, 0.5) is 4.39 Å². The third-order valence-electron chi connectivity index (χ3n) is 7.69. The van der Waals surface area contributed by atoms with Gasteiger partial charge in [-0.3, -0.25) is 9.59 Å². The highest BCUT2D eigenvalue weighted by Gasteiger charge is 2.25. The highest BCUT2D eigenvalue weighted by Crippen LogP contribution is 2.33. The number of fused-ring (bicyclic) bond motifs is 2. The van der Waals surface area contributed by atoms with Gasteiger partial charge in [0.1, 0.15) is 12.4 Å². The lowest BCUT2D eigenvalue weighted by atomic mass is 10.1. The van der Waals surface area contributed by atoms with Gasteiger partial charge in [0.2, 0.25) is 12.7 Å². The molecule has 7 nitrogen and oxygen atoms in total. The van der Waals surface area contributed by atoms with Crippen molar-refractivity contribution in [2.75, 3.05) is 19.9 Å². The molecule has 0 saturated heterocycles. The molecule has 1 aliphatic heterocycles. The zero-order valence-electron chi connectivity index (χ0n) is 23.9. The van der Waals surface area contributed by atoms with E-state index in [1.807, 2.05) is 55.6 Å². The molecule has 218 valence electrons. The summed E-state index contributed by atoms with van der Waals surface area (Å²) in [5.41, 5.74) is 5.41. The Kier molecular flexibility index (Phi) is 8.09. The van der Waals surface area contributed by atoms with E-state index in [9.17, 15) is 14.0 Å². The van der Waals surface area contributed by atoms with E-state index in [4.69, 9.17) is 9.47 Å². The second kappa shape index (κ2) is 12.4. The number of nitrogens with one attached hydrogen (secondary N) is 1. The zero-order valence-corrected chi connectivity index (χ0v) is 23.9. The number of aromatic nitrogens is 1. The van der Waals surface area contributed by atoms with Crippen LogP contribution in [0, 0.1) is 12.7 Å². The van der Waals surface area contributed by atoms with E-state index in [0.717, 1.165) is 27.6 Å². The van der Waals surface area contributed by atoms with Crippen LogP contribution in [0.15, 0.2) is 97.2 Å². The van der Waals surface area contributed by atoms with Crippen molar-refractivity contribution < 1.29 is 23.5 Å². The summed E-state index contributed by atoms with van der Waals surface area (Å²) in [7, 11) is 0. The lowest BCUT2D eigenvalue weighted by Gasteiger charge is -2.28. The van der Waals surface area contributed by atoms with Gasteiger partial charge in [0.05, 0.1) is 0 Å². The molecule has 0 unspecified atom stereocenters. The number of hydrogen-bond acceptors (Lipinski definition) is 4. The van der Waals surface area contributed by atoms with E-state index in [2.05, 4.69) is 11.1 Å². The zero-order chi connectivity index (χ0) is 29.8. The maximum Gasteiger partial charge on any atom is 0.254 e. The van der Waals surface area contributed by atoms with Crippen molar-refractivity contribution in [3.63, 3.8) is 0 Å². The molecule has 1 aliphatic rings. The monoisotopic (exact) mass is 577 g/mol. The summed E-state index contributed by atoms with van der Waals surface area (Å²) in [5, 5.41) is 1.13. The number of carbonyl (C=O) groups excluding carboxylic acids is 2. The fourth-order valence-electron chi connectivity index (χ4n) is 5.28. The second-order valence-corrected chi connectivity index (χ2v) is 10.8. The molecule has 0 saturated carbocycles. The number of halogens is 1. The minimum atomic E-state index is -0.366. The molecule has 8 heteroatoms. The third-order valence-corrected chi connectivity index (χ3v) is 7.69. The van der Waals surface area contributed by atoms with Crippen LogP contribution in [-0.4, -0.2) is 46.5 Å². The summed E-state index contributed by atoms with van der Waals surface area (Å²) in [6, 6.07) is 27.1. The lowest BCUT2D eigenvalue weighted by molar-refractivity contribution is -0.132. The molecule has 1 aromatic heterocycles. The van der Waals surface area contributed by atoms with Crippen molar-refractivity contribution in [1.82, 2.24) is 14.8 Å². The van der Waals surface area contributed by atoms with Gasteiger partial charge in [-0.1, -0.05) is 60.2 Å². The average Bonchev–Trinajstić information content (AvgIpc) is 3.67. The molecule has 4 aromatic carbocycles. The number of aryl methyl sites for hydroxylation is 1. The van der Waals surface area contributed by atoms with E-state index in [1.54, 1.807) is 35.2 Å². The first kappa shape index (κ1) is 28.0. The highest BCUT2D eigenvalue weighted by atomic mass is 19.1. The molecule has 0 radical (unpaired) electrons. The van der Waals surface area contributed by atoms with Crippen molar-refractivity contribution in [3.05, 3.63) is 131 Å². The largest absolute Gasteiger partial charge is 0.454 e. The standard InChI is InChI=1S/C35H32FN3O4/c1-24-6-8-25(9-7-24)20-38(17-16-28-19-37-31-5-3-2-4-30(28)31)34(40)22-39(21-26-10-13-29(36)14-11-26)35(41)27-12-15-32-33(18-27)43-23-42-32/h2-15,18-19,37H,16-17,20-23H2,1H3. The quantitative estimate of drug-likeness (QED) is 0.213. The van der Waals surface area contributed by atoms with Gasteiger partial charge in [-0.25, -0.2) is 4.39 Å². The number of hydrogen-bond donors (Lipinski definition) is 1. The Morgan fingerprint density at radius 1 is 0.837 bits per heavy atom. The molecular formula is C35H32FN3O4. The van der Waals surface area contributed by atoms with E-state index < -0.39 is 0 Å². The topological polar surface area (TPSA) is 74.9 Å². The van der Waals surface area contributed by atoms with Gasteiger partial charge >= 0.3 is 0 Å². The van der Waals surface area contributed by atoms with E-state index in [-0.39, 0.29) is 37.5 Å². The number of amides is 2. The van der Waals surface area contributed by atoms with Crippen molar-refractivity contribution in [2.45, 2.75) is 26.4 Å². The van der Waals surface area contributed by atoms with E-state index >= 15 is 0 Å². The van der Waals surface area contributed by atoms with Crippen molar-refractivity contribution >= 4 is 22.7 Å². The van der Waals surface area contributed by atoms with Crippen molar-refractivity contribution in [1.29, 1.82) is 0 Å². The van der Waals surface area contributed by atoms with Crippen LogP contribution in [0.25, 0.3) is 10.9 Å². The Bertz CT molecular complexity index is 1750. The van der Waals surface area contributed by atoms with E-state index in [1.165, 1.54) is 17.0 Å². The summed E-state index contributed by atoms with van der Waals surface area (Å²) in [6.07, 6.45) is 2.64. The molecule has 43 heavy (non-hydrogen) atoms. The molecule has 0 spiro atoms. The van der Waals surface area contributed by atoms with Gasteiger partial charge in [-0.05, 0) is 66.4 Å². The predicted octanol–water partition coefficient (Wildman–Crippen LogP) is 6.26. The van der Waals surface area contributed by atoms with E-state index in [0.29, 0.717) is 42.1 Å². The van der Waals surface area contributed by atoms with Gasteiger partial charge < -0.3 is 24.3 Å². The van der Waals surface area contributed by atoms with Crippen LogP contribution in [-0.2, 0) is 24.3 Å². The van der Waals surface area contributed by atoms with Gasteiger partial charge in [0, 0.05) is 42.3 Å². The predicted molar refractivity (Wildman–Crippen MR) is 162 cm³/mol. The number of nitrogens with zero attached hydrogens (tertiary/aromatic N) is 2. The van der Waals surface area contributed by atoms with Crippen LogP contribution < -0.4 is 9.47 Å². The molecule has 6 rings (SSSR count). The number of aromatic amines is 1. The SMILES string of the molecule is Cc1ccc(CN(CCc2c[nH]c3ccccc23)C(=O)CN(Cc2ccc(F)cc2)C(=O)c2ccc3c(c2)OCO3)cc1. The van der Waals surface area contributed by atoms with Gasteiger partial charge in [-0.2, -0.15) is 0 Å². The normalized spacial score (nSPS) is 12.0. The summed E-state index contributed by atoms with van der Waals surface area (Å²) < 4.78 is 24.5. The number of rotatable bonds is 10. The Morgan fingerprint density at radius 3 is 2.33 bits per heavy atom. The fraction of sp³-hybridized carbons (Fsp3) is 0.200. The van der Waals surface area contributed by atoms with Crippen LogP contribution in [0.5, 0.6) is 11.5 Å². The maximum absolute atomic E-state index is 14.0. The lowest BCUT2D eigenvalue weighted by Crippen LogP contribution is -2.43. The molecule has 0 bridgehead atoms. The number of para-hydroxylation sites is 1. The number of benzene rings is 4. The molecule has 0 fully saturated rings. The second-order valence-electron chi connectivity index (χ2n) is 10.8. The minimum Gasteiger partial charge on any atom is -0.454 e. The molecular weight excluding hydrogens is 545 g/mol. The maximum atomic E-state index is 14.0. The summed E-state index contributed by atoms with van der Waals surface area (Å²) >= 11 is 0. The first-order chi connectivity index (χ1) is 20.9. The third kappa shape index (κ3) is 6.54. The Hall–Kier alpha value is -5.11. The van der Waals surface area contributed by atoms with Crippen molar-refractivity contribution in [3.8, 4) is 11.5 Å². The molecule has 2 heterocycles. The Labute approximate surface area is 249 Å². The van der Waals surface area contributed by atoms with Gasteiger partial charge in [-0.15, -0.1) is 0 Å². The molecule has 0 aliphatic carbocycles. The van der Waals surface area contributed by atoms with Crippen LogP contribution >= 0.6 is 0 Å². The smallest absolute Gasteiger partial charge is 0.254 e.